The first kappa shape index (κ1) is 18.0. The summed E-state index contributed by atoms with van der Waals surface area (Å²) in [6.45, 7) is 13.5. The molecule has 0 aromatic heterocycles. The molecule has 1 aromatic carbocycles. The number of nitrogens with one attached hydrogen (secondary N) is 1. The van der Waals surface area contributed by atoms with Crippen LogP contribution in [0.4, 0.5) is 0 Å². The van der Waals surface area contributed by atoms with E-state index in [1.807, 2.05) is 18.3 Å². The molecule has 23 heavy (non-hydrogen) atoms. The normalized spacial score (nSPS) is 17.4. The number of nitrogens with zero attached hydrogens (tertiary/aromatic N) is 2. The lowest BCUT2D eigenvalue weighted by molar-refractivity contribution is 0.158. The minimum absolute atomic E-state index is 0.201. The summed E-state index contributed by atoms with van der Waals surface area (Å²) in [5.74, 6) is 0.943. The molecule has 1 aliphatic rings. The number of hydrogen-bond acceptors (Lipinski definition) is 4. The highest BCUT2D eigenvalue weighted by Crippen LogP contribution is 2.37. The molecule has 1 fully saturated rings. The van der Waals surface area contributed by atoms with Crippen molar-refractivity contribution in [2.75, 3.05) is 13.1 Å². The second-order valence-corrected chi connectivity index (χ2v) is 12.6. The van der Waals surface area contributed by atoms with E-state index in [-0.39, 0.29) is 5.04 Å². The maximum absolute atomic E-state index is 6.35. The van der Waals surface area contributed by atoms with Crippen LogP contribution >= 0.6 is 0 Å². The molecule has 128 valence electrons. The topological polar surface area (TPSA) is 36.9 Å². The predicted molar refractivity (Wildman–Crippen MR) is 100 cm³/mol. The van der Waals surface area contributed by atoms with Crippen LogP contribution in [0.2, 0.25) is 18.1 Å². The number of hydrogen-bond donors (Lipinski definition) is 1. The molecule has 0 bridgehead atoms. The van der Waals surface area contributed by atoms with Gasteiger partial charge in [0, 0.05) is 13.1 Å². The summed E-state index contributed by atoms with van der Waals surface area (Å²) in [7, 11) is -1.80. The first-order chi connectivity index (χ1) is 10.8. The van der Waals surface area contributed by atoms with Gasteiger partial charge in [-0.3, -0.25) is 0 Å². The van der Waals surface area contributed by atoms with E-state index in [0.29, 0.717) is 0 Å². The van der Waals surface area contributed by atoms with Gasteiger partial charge in [0.25, 0.3) is 0 Å². The highest BCUT2D eigenvalue weighted by molar-refractivity contribution is 6.74. The van der Waals surface area contributed by atoms with Gasteiger partial charge in [0.15, 0.2) is 0 Å². The Morgan fingerprint density at radius 1 is 1.17 bits per heavy atom. The maximum Gasteiger partial charge on any atom is 0.250 e. The highest BCUT2D eigenvalue weighted by Gasteiger charge is 2.38. The van der Waals surface area contributed by atoms with E-state index in [1.54, 1.807) is 0 Å². The fourth-order valence-corrected chi connectivity index (χ4v) is 3.31. The Kier molecular flexibility index (Phi) is 5.87. The zero-order valence-corrected chi connectivity index (χ0v) is 16.2. The smallest absolute Gasteiger partial charge is 0.250 e. The molecule has 0 atom stereocenters. The van der Waals surface area contributed by atoms with Gasteiger partial charge in [-0.25, -0.2) is 10.5 Å². The van der Waals surface area contributed by atoms with Crippen molar-refractivity contribution in [3.05, 3.63) is 29.8 Å². The van der Waals surface area contributed by atoms with E-state index >= 15 is 0 Å². The summed E-state index contributed by atoms with van der Waals surface area (Å²) in [4.78, 5) is 0. The van der Waals surface area contributed by atoms with Crippen LogP contribution in [0, 0.1) is 0 Å². The van der Waals surface area contributed by atoms with Crippen LogP contribution in [0.25, 0.3) is 0 Å². The molecule has 0 radical (unpaired) electrons. The van der Waals surface area contributed by atoms with Crippen LogP contribution in [0.15, 0.2) is 29.4 Å². The zero-order valence-electron chi connectivity index (χ0n) is 15.2. The van der Waals surface area contributed by atoms with Crippen molar-refractivity contribution in [3.8, 4) is 5.75 Å². The van der Waals surface area contributed by atoms with Gasteiger partial charge in [0.1, 0.15) is 5.75 Å². The van der Waals surface area contributed by atoms with Crippen LogP contribution in [0.3, 0.4) is 0 Å². The summed E-state index contributed by atoms with van der Waals surface area (Å²) in [5, 5.41) is 6.74. The lowest BCUT2D eigenvalue weighted by Gasteiger charge is -2.36. The number of hydrazone groups is 1. The summed E-state index contributed by atoms with van der Waals surface area (Å²) in [6, 6.07) is 8.20. The van der Waals surface area contributed by atoms with Gasteiger partial charge in [-0.05, 0) is 48.7 Å². The zero-order chi connectivity index (χ0) is 16.9. The van der Waals surface area contributed by atoms with Crippen LogP contribution < -0.4 is 9.96 Å². The van der Waals surface area contributed by atoms with E-state index < -0.39 is 8.32 Å². The van der Waals surface area contributed by atoms with Crippen LogP contribution in [0.5, 0.6) is 5.75 Å². The largest absolute Gasteiger partial charge is 0.543 e. The van der Waals surface area contributed by atoms with Gasteiger partial charge in [0.05, 0.1) is 6.21 Å². The van der Waals surface area contributed by atoms with Crippen molar-refractivity contribution in [3.63, 3.8) is 0 Å². The van der Waals surface area contributed by atoms with E-state index in [0.717, 1.165) is 24.4 Å². The van der Waals surface area contributed by atoms with Crippen molar-refractivity contribution in [1.29, 1.82) is 0 Å². The molecule has 0 saturated carbocycles. The van der Waals surface area contributed by atoms with Crippen LogP contribution in [-0.4, -0.2) is 32.6 Å². The standard InChI is InChI=1S/C18H31N3OSi/c1-18(2,3)23(4,5)22-17-11-9-10-16(14-17)15-19-20-21-12-7-6-8-13-21/h9-11,14-15,20H,6-8,12-13H2,1-5H3. The monoisotopic (exact) mass is 333 g/mol. The molecule has 0 unspecified atom stereocenters. The predicted octanol–water partition coefficient (Wildman–Crippen LogP) is 4.40. The van der Waals surface area contributed by atoms with Crippen molar-refractivity contribution >= 4 is 14.5 Å². The Morgan fingerprint density at radius 2 is 1.87 bits per heavy atom. The average Bonchev–Trinajstić information content (AvgIpc) is 2.47. The fourth-order valence-electron chi connectivity index (χ4n) is 2.29. The van der Waals surface area contributed by atoms with Crippen molar-refractivity contribution < 1.29 is 4.43 Å². The van der Waals surface area contributed by atoms with Crippen molar-refractivity contribution in [2.45, 2.75) is 58.2 Å². The van der Waals surface area contributed by atoms with Gasteiger partial charge in [-0.15, -0.1) is 0 Å². The number of benzene rings is 1. The lowest BCUT2D eigenvalue weighted by Crippen LogP contribution is -2.43. The molecule has 5 heteroatoms. The summed E-state index contributed by atoms with van der Waals surface area (Å²) >= 11 is 0. The number of hydrazine groups is 1. The molecule has 1 aliphatic heterocycles. The molecule has 0 aliphatic carbocycles. The Balaban J connectivity index is 1.96. The van der Waals surface area contributed by atoms with Crippen molar-refractivity contribution in [2.24, 2.45) is 5.10 Å². The van der Waals surface area contributed by atoms with Gasteiger partial charge < -0.3 is 4.43 Å². The average molecular weight is 334 g/mol. The Labute approximate surface area is 142 Å². The SMILES string of the molecule is CC(C)(C)[Si](C)(C)Oc1cccc(C=NNN2CCCCC2)c1. The summed E-state index contributed by atoms with van der Waals surface area (Å²) in [5.41, 5.74) is 4.19. The number of rotatable bonds is 5. The first-order valence-corrected chi connectivity index (χ1v) is 11.5. The van der Waals surface area contributed by atoms with E-state index in [2.05, 4.69) is 61.6 Å². The van der Waals surface area contributed by atoms with Crippen LogP contribution in [0.1, 0.15) is 45.6 Å². The third kappa shape index (κ3) is 5.36. The summed E-state index contributed by atoms with van der Waals surface area (Å²) < 4.78 is 6.35. The van der Waals surface area contributed by atoms with Gasteiger partial charge >= 0.3 is 0 Å². The molecular weight excluding hydrogens is 302 g/mol. The molecule has 1 saturated heterocycles. The molecule has 4 nitrogen and oxygen atoms in total. The minimum atomic E-state index is -1.80. The Bertz CT molecular complexity index is 531. The first-order valence-electron chi connectivity index (χ1n) is 8.61. The third-order valence-corrected chi connectivity index (χ3v) is 9.16. The molecule has 2 rings (SSSR count). The Morgan fingerprint density at radius 3 is 2.52 bits per heavy atom. The molecular formula is C18H31N3OSi. The third-order valence-electron chi connectivity index (χ3n) is 4.81. The fraction of sp³-hybridized carbons (Fsp3) is 0.611. The van der Waals surface area contributed by atoms with Gasteiger partial charge in [-0.2, -0.15) is 5.10 Å². The maximum atomic E-state index is 6.35. The second kappa shape index (κ2) is 7.49. The molecule has 0 spiro atoms. The minimum Gasteiger partial charge on any atom is -0.543 e. The molecule has 1 aromatic rings. The van der Waals surface area contributed by atoms with E-state index in [9.17, 15) is 0 Å². The molecule has 1 N–H and O–H groups in total. The quantitative estimate of drug-likeness (QED) is 0.493. The van der Waals surface area contributed by atoms with E-state index in [4.69, 9.17) is 4.43 Å². The van der Waals surface area contributed by atoms with Crippen LogP contribution in [-0.2, 0) is 0 Å². The number of piperidine rings is 1. The van der Waals surface area contributed by atoms with Gasteiger partial charge in [0.2, 0.25) is 8.32 Å². The van der Waals surface area contributed by atoms with Crippen molar-refractivity contribution in [1.82, 2.24) is 10.5 Å². The van der Waals surface area contributed by atoms with E-state index in [1.165, 1.54) is 19.3 Å². The molecule has 0 amide bonds. The lowest BCUT2D eigenvalue weighted by atomic mass is 10.2. The summed E-state index contributed by atoms with van der Waals surface area (Å²) in [6.07, 6.45) is 5.69. The molecule has 1 heterocycles. The second-order valence-electron chi connectivity index (χ2n) is 7.84. The van der Waals surface area contributed by atoms with Gasteiger partial charge in [-0.1, -0.05) is 39.3 Å². The Hall–Kier alpha value is -1.33. The highest BCUT2D eigenvalue weighted by atomic mass is 28.4.